The monoisotopic (exact) mass is 279 g/mol. The maximum absolute atomic E-state index is 9.94. The first-order valence-corrected chi connectivity index (χ1v) is 7.17. The number of aryl methyl sites for hydroxylation is 1. The van der Waals surface area contributed by atoms with E-state index in [2.05, 4.69) is 18.8 Å². The fourth-order valence-corrected chi connectivity index (χ4v) is 2.14. The van der Waals surface area contributed by atoms with E-state index in [4.69, 9.17) is 0 Å². The van der Waals surface area contributed by atoms with Crippen molar-refractivity contribution in [2.24, 2.45) is 4.99 Å². The van der Waals surface area contributed by atoms with Crippen molar-refractivity contribution in [2.75, 3.05) is 0 Å². The molecule has 0 aliphatic rings. The molecule has 21 heavy (non-hydrogen) atoms. The molecule has 0 saturated heterocycles. The molecule has 0 spiro atoms. The molecule has 0 saturated carbocycles. The number of nitrogens with zero attached hydrogens (tertiary/aromatic N) is 1. The van der Waals surface area contributed by atoms with Gasteiger partial charge in [-0.1, -0.05) is 50.3 Å². The summed E-state index contributed by atoms with van der Waals surface area (Å²) in [6, 6.07) is 13.9. The van der Waals surface area contributed by atoms with Gasteiger partial charge in [-0.15, -0.1) is 0 Å². The Balaban J connectivity index is 2.17. The number of aliphatic imine (C=N–C) groups is 1. The predicted molar refractivity (Wildman–Crippen MR) is 90.6 cm³/mol. The lowest BCUT2D eigenvalue weighted by atomic mass is 9.99. The Morgan fingerprint density at radius 3 is 2.48 bits per heavy atom. The molecular weight excluding hydrogens is 258 g/mol. The molecule has 0 aliphatic heterocycles. The molecular formula is C19H21NO. The van der Waals surface area contributed by atoms with E-state index in [1.54, 1.807) is 12.3 Å². The molecule has 2 nitrogen and oxygen atoms in total. The maximum Gasteiger partial charge on any atom is 0.119 e. The first-order chi connectivity index (χ1) is 10.1. The van der Waals surface area contributed by atoms with Crippen molar-refractivity contribution in [1.29, 1.82) is 0 Å². The Hall–Kier alpha value is -2.35. The molecule has 2 heteroatoms. The Bertz CT molecular complexity index is 655. The summed E-state index contributed by atoms with van der Waals surface area (Å²) in [5, 5.41) is 9.94. The number of phenolic OH excluding ortho intramolecular Hbond substituents is 1. The van der Waals surface area contributed by atoms with Gasteiger partial charge in [0.05, 0.1) is 5.69 Å². The molecule has 0 aromatic heterocycles. The van der Waals surface area contributed by atoms with Crippen molar-refractivity contribution < 1.29 is 5.11 Å². The molecule has 2 aromatic rings. The van der Waals surface area contributed by atoms with Crippen LogP contribution in [-0.2, 0) is 0 Å². The van der Waals surface area contributed by atoms with E-state index in [9.17, 15) is 5.11 Å². The predicted octanol–water partition coefficient (Wildman–Crippen LogP) is 5.24. The van der Waals surface area contributed by atoms with Gasteiger partial charge in [0.25, 0.3) is 0 Å². The van der Waals surface area contributed by atoms with Gasteiger partial charge in [-0.3, -0.25) is 4.99 Å². The third kappa shape index (κ3) is 4.06. The van der Waals surface area contributed by atoms with Crippen molar-refractivity contribution in [2.45, 2.75) is 26.7 Å². The van der Waals surface area contributed by atoms with Crippen LogP contribution < -0.4 is 0 Å². The highest BCUT2D eigenvalue weighted by Crippen LogP contribution is 2.32. The van der Waals surface area contributed by atoms with E-state index in [-0.39, 0.29) is 5.92 Å². The van der Waals surface area contributed by atoms with Crippen molar-refractivity contribution in [3.05, 3.63) is 65.2 Å². The van der Waals surface area contributed by atoms with Crippen LogP contribution in [0.15, 0.2) is 53.5 Å². The lowest BCUT2D eigenvalue weighted by Gasteiger charge is -2.10. The highest BCUT2D eigenvalue weighted by Gasteiger charge is 2.08. The van der Waals surface area contributed by atoms with E-state index < -0.39 is 0 Å². The minimum Gasteiger partial charge on any atom is -0.508 e. The number of rotatable bonds is 4. The number of aromatic hydroxyl groups is 1. The molecule has 108 valence electrons. The maximum atomic E-state index is 9.94. The summed E-state index contributed by atoms with van der Waals surface area (Å²) in [6.45, 7) is 6.08. The highest BCUT2D eigenvalue weighted by atomic mass is 16.3. The molecule has 0 atom stereocenters. The van der Waals surface area contributed by atoms with Crippen molar-refractivity contribution in [3.8, 4) is 5.75 Å². The third-order valence-electron chi connectivity index (χ3n) is 3.36. The SMILES string of the molecule is Cc1cc(O)c(C(C)C)cc1N=CC=Cc1ccccc1. The van der Waals surface area contributed by atoms with Crippen molar-refractivity contribution in [1.82, 2.24) is 0 Å². The molecule has 0 amide bonds. The standard InChI is InChI=1S/C19H21NO/c1-14(2)17-13-18(15(3)12-19(17)21)20-11-7-10-16-8-5-4-6-9-16/h4-14,21H,1-3H3. The molecule has 2 rings (SSSR count). The fraction of sp³-hybridized carbons (Fsp3) is 0.211. The molecule has 0 fully saturated rings. The molecule has 0 unspecified atom stereocenters. The lowest BCUT2D eigenvalue weighted by molar-refractivity contribution is 0.464. The number of phenols is 1. The second-order valence-corrected chi connectivity index (χ2v) is 5.40. The molecule has 0 radical (unpaired) electrons. The van der Waals surface area contributed by atoms with Gasteiger partial charge in [0.15, 0.2) is 0 Å². The van der Waals surface area contributed by atoms with Gasteiger partial charge >= 0.3 is 0 Å². The zero-order valence-corrected chi connectivity index (χ0v) is 12.7. The smallest absolute Gasteiger partial charge is 0.119 e. The molecule has 0 bridgehead atoms. The van der Waals surface area contributed by atoms with E-state index in [1.807, 2.05) is 55.5 Å². The molecule has 2 aromatic carbocycles. The largest absolute Gasteiger partial charge is 0.508 e. The summed E-state index contributed by atoms with van der Waals surface area (Å²) in [6.07, 6.45) is 5.73. The minimum atomic E-state index is 0.277. The van der Waals surface area contributed by atoms with Gasteiger partial charge in [-0.05, 0) is 47.7 Å². The van der Waals surface area contributed by atoms with Gasteiger partial charge in [-0.2, -0.15) is 0 Å². The summed E-state index contributed by atoms with van der Waals surface area (Å²) < 4.78 is 0. The second kappa shape index (κ2) is 6.89. The number of benzene rings is 2. The minimum absolute atomic E-state index is 0.277. The van der Waals surface area contributed by atoms with E-state index in [0.29, 0.717) is 5.75 Å². The van der Waals surface area contributed by atoms with Gasteiger partial charge in [0, 0.05) is 6.21 Å². The highest BCUT2D eigenvalue weighted by molar-refractivity contribution is 5.81. The molecule has 1 N–H and O–H groups in total. The number of hydrogen-bond acceptors (Lipinski definition) is 2. The summed E-state index contributed by atoms with van der Waals surface area (Å²) in [5.41, 5.74) is 3.95. The molecule has 0 aliphatic carbocycles. The van der Waals surface area contributed by atoms with Crippen LogP contribution in [-0.4, -0.2) is 11.3 Å². The Morgan fingerprint density at radius 1 is 1.10 bits per heavy atom. The second-order valence-electron chi connectivity index (χ2n) is 5.40. The lowest BCUT2D eigenvalue weighted by Crippen LogP contribution is -1.89. The quantitative estimate of drug-likeness (QED) is 0.763. The topological polar surface area (TPSA) is 32.6 Å². The Labute approximate surface area is 126 Å². The first-order valence-electron chi connectivity index (χ1n) is 7.17. The fourth-order valence-electron chi connectivity index (χ4n) is 2.14. The van der Waals surface area contributed by atoms with E-state index in [1.165, 1.54) is 0 Å². The van der Waals surface area contributed by atoms with Gasteiger partial charge in [-0.25, -0.2) is 0 Å². The molecule has 0 heterocycles. The average Bonchev–Trinajstić information content (AvgIpc) is 2.46. The van der Waals surface area contributed by atoms with Crippen LogP contribution in [0.2, 0.25) is 0 Å². The summed E-state index contributed by atoms with van der Waals surface area (Å²) >= 11 is 0. The van der Waals surface area contributed by atoms with Crippen molar-refractivity contribution >= 4 is 18.0 Å². The Morgan fingerprint density at radius 2 is 1.81 bits per heavy atom. The normalized spacial score (nSPS) is 11.8. The van der Waals surface area contributed by atoms with Crippen LogP contribution in [0, 0.1) is 6.92 Å². The number of hydrogen-bond donors (Lipinski definition) is 1. The van der Waals surface area contributed by atoms with Crippen LogP contribution in [0.5, 0.6) is 5.75 Å². The summed E-state index contributed by atoms with van der Waals surface area (Å²) in [4.78, 5) is 4.48. The van der Waals surface area contributed by atoms with E-state index in [0.717, 1.165) is 22.4 Å². The van der Waals surface area contributed by atoms with Gasteiger partial charge < -0.3 is 5.11 Å². The van der Waals surface area contributed by atoms with Crippen LogP contribution in [0.4, 0.5) is 5.69 Å². The number of allylic oxidation sites excluding steroid dienone is 1. The Kier molecular flexibility index (Phi) is 4.94. The van der Waals surface area contributed by atoms with Gasteiger partial charge in [0.2, 0.25) is 0 Å². The summed E-state index contributed by atoms with van der Waals surface area (Å²) in [7, 11) is 0. The van der Waals surface area contributed by atoms with Crippen LogP contribution in [0.1, 0.15) is 36.5 Å². The third-order valence-corrected chi connectivity index (χ3v) is 3.36. The van der Waals surface area contributed by atoms with Crippen molar-refractivity contribution in [3.63, 3.8) is 0 Å². The zero-order valence-electron chi connectivity index (χ0n) is 12.7. The van der Waals surface area contributed by atoms with Crippen LogP contribution in [0.3, 0.4) is 0 Å². The average molecular weight is 279 g/mol. The summed E-state index contributed by atoms with van der Waals surface area (Å²) in [5.74, 6) is 0.626. The van der Waals surface area contributed by atoms with E-state index >= 15 is 0 Å². The van der Waals surface area contributed by atoms with Gasteiger partial charge in [0.1, 0.15) is 5.75 Å². The van der Waals surface area contributed by atoms with Crippen LogP contribution in [0.25, 0.3) is 6.08 Å². The first kappa shape index (κ1) is 15.0. The zero-order chi connectivity index (χ0) is 15.2. The van der Waals surface area contributed by atoms with Crippen LogP contribution >= 0.6 is 0 Å².